The van der Waals surface area contributed by atoms with E-state index < -0.39 is 22.4 Å². The molecule has 1 saturated carbocycles. The Balaban J connectivity index is 0.00000364. The van der Waals surface area contributed by atoms with Crippen LogP contribution < -0.4 is 10.6 Å². The molecule has 8 heteroatoms. The quantitative estimate of drug-likeness (QED) is 0.332. The lowest BCUT2D eigenvalue weighted by Crippen LogP contribution is -2.46. The van der Waals surface area contributed by atoms with Crippen LogP contribution in [0, 0.1) is 11.6 Å². The lowest BCUT2D eigenvalue weighted by molar-refractivity contribution is 0.413. The van der Waals surface area contributed by atoms with Gasteiger partial charge in [-0.3, -0.25) is 9.20 Å². The van der Waals surface area contributed by atoms with Crippen molar-refractivity contribution in [2.24, 2.45) is 4.99 Å². The average Bonchev–Trinajstić information content (AvgIpc) is 2.64. The first-order valence-corrected chi connectivity index (χ1v) is 10.8. The van der Waals surface area contributed by atoms with Gasteiger partial charge in [0.15, 0.2) is 5.96 Å². The summed E-state index contributed by atoms with van der Waals surface area (Å²) in [6.45, 7) is 5.04. The summed E-state index contributed by atoms with van der Waals surface area (Å²) >= 11 is 0. The van der Waals surface area contributed by atoms with E-state index in [4.69, 9.17) is 0 Å². The predicted octanol–water partition coefficient (Wildman–Crippen LogP) is 3.76. The number of benzene rings is 1. The summed E-state index contributed by atoms with van der Waals surface area (Å²) in [7, 11) is -0.765. The highest BCUT2D eigenvalue weighted by Crippen LogP contribution is 2.23. The highest BCUT2D eigenvalue weighted by Gasteiger charge is 2.26. The molecule has 1 aromatic carbocycles. The largest absolute Gasteiger partial charge is 0.357 e. The molecule has 1 aromatic rings. The van der Waals surface area contributed by atoms with Crippen molar-refractivity contribution in [3.8, 4) is 0 Å². The predicted molar refractivity (Wildman–Crippen MR) is 119 cm³/mol. The SMILES string of the molecule is CCNC(=NCCc1cc(F)ccc1F)NC1CCCC(S(=O)CC)C1.I. The molecule has 0 aromatic heterocycles. The molecular weight excluding hydrogens is 483 g/mol. The molecule has 3 atom stereocenters. The summed E-state index contributed by atoms with van der Waals surface area (Å²) in [5.74, 6) is 0.534. The smallest absolute Gasteiger partial charge is 0.191 e. The van der Waals surface area contributed by atoms with Crippen molar-refractivity contribution < 1.29 is 13.0 Å². The fraction of sp³-hybridized carbons (Fsp3) is 0.632. The second-order valence-corrected chi connectivity index (χ2v) is 8.55. The van der Waals surface area contributed by atoms with Crippen LogP contribution >= 0.6 is 24.0 Å². The van der Waals surface area contributed by atoms with Gasteiger partial charge in [0.25, 0.3) is 0 Å². The fourth-order valence-corrected chi connectivity index (χ4v) is 4.63. The van der Waals surface area contributed by atoms with Gasteiger partial charge in [-0.1, -0.05) is 13.3 Å². The number of hydrogen-bond donors (Lipinski definition) is 2. The molecule has 0 bridgehead atoms. The van der Waals surface area contributed by atoms with Crippen molar-refractivity contribution in [2.45, 2.75) is 57.2 Å². The number of rotatable bonds is 7. The molecule has 2 rings (SSSR count). The van der Waals surface area contributed by atoms with Crippen LogP contribution in [0.4, 0.5) is 8.78 Å². The van der Waals surface area contributed by atoms with Gasteiger partial charge in [-0.2, -0.15) is 0 Å². The van der Waals surface area contributed by atoms with Crippen LogP contribution in [0.25, 0.3) is 0 Å². The molecule has 0 amide bonds. The van der Waals surface area contributed by atoms with Crippen molar-refractivity contribution in [2.75, 3.05) is 18.8 Å². The van der Waals surface area contributed by atoms with Crippen molar-refractivity contribution in [1.29, 1.82) is 0 Å². The van der Waals surface area contributed by atoms with Gasteiger partial charge >= 0.3 is 0 Å². The van der Waals surface area contributed by atoms with E-state index in [2.05, 4.69) is 15.6 Å². The third-order valence-corrected chi connectivity index (χ3v) is 6.37. The summed E-state index contributed by atoms with van der Waals surface area (Å²) < 4.78 is 39.0. The highest BCUT2D eigenvalue weighted by molar-refractivity contribution is 14.0. The molecule has 1 aliphatic carbocycles. The van der Waals surface area contributed by atoms with Crippen molar-refractivity contribution >= 4 is 40.7 Å². The average molecular weight is 513 g/mol. The van der Waals surface area contributed by atoms with Gasteiger partial charge in [0, 0.05) is 40.9 Å². The number of nitrogens with one attached hydrogen (secondary N) is 2. The summed E-state index contributed by atoms with van der Waals surface area (Å²) in [5.41, 5.74) is 0.334. The lowest BCUT2D eigenvalue weighted by atomic mass is 9.95. The Kier molecular flexibility index (Phi) is 11.4. The molecule has 2 N–H and O–H groups in total. The Morgan fingerprint density at radius 1 is 1.30 bits per heavy atom. The molecule has 27 heavy (non-hydrogen) atoms. The van der Waals surface area contributed by atoms with Crippen LogP contribution in [-0.4, -0.2) is 40.3 Å². The summed E-state index contributed by atoms with van der Waals surface area (Å²) in [4.78, 5) is 4.49. The first kappa shape index (κ1) is 24.3. The van der Waals surface area contributed by atoms with Gasteiger partial charge in [0.2, 0.25) is 0 Å². The van der Waals surface area contributed by atoms with E-state index in [1.807, 2.05) is 13.8 Å². The lowest BCUT2D eigenvalue weighted by Gasteiger charge is -2.30. The maximum Gasteiger partial charge on any atom is 0.191 e. The van der Waals surface area contributed by atoms with Gasteiger partial charge in [-0.25, -0.2) is 8.78 Å². The standard InChI is InChI=1S/C19H29F2N3OS.HI/c1-3-22-19(23-11-10-14-12-15(20)8-9-18(14)21)24-16-6-5-7-17(13-16)26(25)4-2;/h8-9,12,16-17H,3-7,10-11,13H2,1-2H3,(H2,22,23,24);1H. The van der Waals surface area contributed by atoms with Gasteiger partial charge < -0.3 is 10.6 Å². The zero-order valence-electron chi connectivity index (χ0n) is 16.0. The minimum absolute atomic E-state index is 0. The van der Waals surface area contributed by atoms with Gasteiger partial charge in [0.05, 0.1) is 0 Å². The molecule has 0 radical (unpaired) electrons. The van der Waals surface area contributed by atoms with Crippen molar-refractivity contribution in [1.82, 2.24) is 10.6 Å². The molecule has 154 valence electrons. The van der Waals surface area contributed by atoms with Crippen molar-refractivity contribution in [3.05, 3.63) is 35.4 Å². The Hall–Kier alpha value is -0.770. The second-order valence-electron chi connectivity index (χ2n) is 6.55. The van der Waals surface area contributed by atoms with E-state index in [0.717, 1.165) is 44.4 Å². The third kappa shape index (κ3) is 8.01. The molecule has 1 aliphatic rings. The Bertz CT molecular complexity index is 645. The number of nitrogens with zero attached hydrogens (tertiary/aromatic N) is 1. The minimum atomic E-state index is -0.765. The zero-order valence-corrected chi connectivity index (χ0v) is 19.1. The normalized spacial score (nSPS) is 21.3. The number of hydrogen-bond acceptors (Lipinski definition) is 2. The van der Waals surface area contributed by atoms with Gasteiger partial charge in [-0.15, -0.1) is 24.0 Å². The highest BCUT2D eigenvalue weighted by atomic mass is 127. The number of aliphatic imine (C=N–C) groups is 1. The van der Waals surface area contributed by atoms with E-state index in [0.29, 0.717) is 30.2 Å². The fourth-order valence-electron chi connectivity index (χ4n) is 3.29. The topological polar surface area (TPSA) is 53.5 Å². The van der Waals surface area contributed by atoms with E-state index in [9.17, 15) is 13.0 Å². The van der Waals surface area contributed by atoms with Crippen LogP contribution in [-0.2, 0) is 17.2 Å². The molecule has 0 heterocycles. The number of halogens is 3. The van der Waals surface area contributed by atoms with E-state index in [1.54, 1.807) is 0 Å². The van der Waals surface area contributed by atoms with E-state index >= 15 is 0 Å². The van der Waals surface area contributed by atoms with Crippen LogP contribution in [0.5, 0.6) is 0 Å². The first-order chi connectivity index (χ1) is 12.5. The summed E-state index contributed by atoms with van der Waals surface area (Å²) in [5, 5.41) is 6.86. The molecule has 0 saturated heterocycles. The molecule has 4 nitrogen and oxygen atoms in total. The van der Waals surface area contributed by atoms with Gasteiger partial charge in [0.1, 0.15) is 11.6 Å². The van der Waals surface area contributed by atoms with Crippen LogP contribution in [0.15, 0.2) is 23.2 Å². The molecular formula is C19H30F2IN3OS. The zero-order chi connectivity index (χ0) is 18.9. The maximum atomic E-state index is 13.7. The molecule has 3 unspecified atom stereocenters. The van der Waals surface area contributed by atoms with Gasteiger partial charge in [-0.05, 0) is 56.4 Å². The van der Waals surface area contributed by atoms with E-state index in [-0.39, 0.29) is 35.3 Å². The Labute approximate surface area is 180 Å². The number of guanidine groups is 1. The first-order valence-electron chi connectivity index (χ1n) is 9.39. The van der Waals surface area contributed by atoms with Crippen molar-refractivity contribution in [3.63, 3.8) is 0 Å². The molecule has 1 fully saturated rings. The molecule has 0 spiro atoms. The monoisotopic (exact) mass is 513 g/mol. The summed E-state index contributed by atoms with van der Waals surface area (Å²) in [6.07, 6.45) is 4.32. The Morgan fingerprint density at radius 2 is 2.07 bits per heavy atom. The minimum Gasteiger partial charge on any atom is -0.357 e. The van der Waals surface area contributed by atoms with Crippen LogP contribution in [0.3, 0.4) is 0 Å². The summed E-state index contributed by atoms with van der Waals surface area (Å²) in [6, 6.07) is 3.73. The molecule has 0 aliphatic heterocycles. The van der Waals surface area contributed by atoms with Crippen LogP contribution in [0.2, 0.25) is 0 Å². The van der Waals surface area contributed by atoms with Crippen LogP contribution in [0.1, 0.15) is 45.1 Å². The third-order valence-electron chi connectivity index (χ3n) is 4.63. The maximum absolute atomic E-state index is 13.7. The van der Waals surface area contributed by atoms with E-state index in [1.165, 1.54) is 6.07 Å². The second kappa shape index (κ2) is 12.6. The Morgan fingerprint density at radius 3 is 2.78 bits per heavy atom.